The first-order chi connectivity index (χ1) is 33.1. The van der Waals surface area contributed by atoms with Gasteiger partial charge in [-0.25, -0.2) is 24.3 Å². The first kappa shape index (κ1) is 50.4. The van der Waals surface area contributed by atoms with Crippen LogP contribution in [0.5, 0.6) is 0 Å². The van der Waals surface area contributed by atoms with Crippen molar-refractivity contribution in [1.29, 1.82) is 5.53 Å². The van der Waals surface area contributed by atoms with Gasteiger partial charge in [-0.2, -0.15) is 5.11 Å². The maximum absolute atomic E-state index is 14.9. The van der Waals surface area contributed by atoms with E-state index in [-0.39, 0.29) is 23.7 Å². The van der Waals surface area contributed by atoms with Gasteiger partial charge >= 0.3 is 0 Å². The molecule has 68 heavy (non-hydrogen) atoms. The standard InChI is InChI=1S/C51H53ClF2N10O4/c1-3-10-46(50(67)60-33-66)64(2)31-42-34(12-6-13-36(42)32-65)11-4-5-22-56-23-8-25-68-26-9-24-57-30-45(63-55)35-16-19-39(20-17-35)61-51-59-29-37-28-58-49(47-43(53)14-7-15-44(47)54)41-27-38(52)18-21-40(41)48(37)62-51/h6-7,12-21,27,29-30,32-33,46,55-57H,3,5,8-10,22-26,28,31H2,1-2H3,(H,59,61,62)(H,60,66,67)/b45-30-,63-55?. The molecule has 0 spiro atoms. The Bertz CT molecular complexity index is 2680. The number of aromatic nitrogens is 2. The molecule has 1 aromatic heterocycles. The van der Waals surface area contributed by atoms with E-state index in [2.05, 4.69) is 48.2 Å². The Balaban J connectivity index is 0.904. The molecule has 0 fully saturated rings. The van der Waals surface area contributed by atoms with E-state index in [0.717, 1.165) is 48.8 Å². The van der Waals surface area contributed by atoms with Crippen molar-refractivity contribution in [3.63, 3.8) is 0 Å². The lowest BCUT2D eigenvalue weighted by Gasteiger charge is -2.27. The smallest absolute Gasteiger partial charge is 0.243 e. The van der Waals surface area contributed by atoms with Crippen LogP contribution in [0.4, 0.5) is 20.4 Å². The molecule has 1 aliphatic heterocycles. The number of nitrogens with one attached hydrogen (secondary N) is 5. The second-order valence-electron chi connectivity index (χ2n) is 15.8. The number of benzene rings is 4. The maximum atomic E-state index is 14.9. The van der Waals surface area contributed by atoms with Gasteiger partial charge in [0.15, 0.2) is 0 Å². The molecular formula is C51H53ClF2N10O4. The summed E-state index contributed by atoms with van der Waals surface area (Å²) in [6.07, 6.45) is 8.04. The summed E-state index contributed by atoms with van der Waals surface area (Å²) in [6, 6.07) is 21.0. The fraction of sp³-hybridized carbons (Fsp3) is 0.294. The van der Waals surface area contributed by atoms with E-state index in [1.165, 1.54) is 18.2 Å². The summed E-state index contributed by atoms with van der Waals surface area (Å²) in [7, 11) is 1.80. The van der Waals surface area contributed by atoms with Gasteiger partial charge in [0.2, 0.25) is 18.3 Å². The van der Waals surface area contributed by atoms with Crippen molar-refractivity contribution >= 4 is 53.2 Å². The minimum atomic E-state index is -0.729. The lowest BCUT2D eigenvalue weighted by molar-refractivity contribution is -0.129. The van der Waals surface area contributed by atoms with Gasteiger partial charge in [0, 0.05) is 95.8 Å². The number of ether oxygens (including phenoxy) is 1. The number of carbonyl (C=O) groups excluding carboxylic acids is 3. The predicted molar refractivity (Wildman–Crippen MR) is 260 cm³/mol. The number of rotatable bonds is 24. The van der Waals surface area contributed by atoms with Crippen molar-refractivity contribution in [2.45, 2.75) is 58.2 Å². The monoisotopic (exact) mass is 942 g/mol. The van der Waals surface area contributed by atoms with Crippen molar-refractivity contribution in [2.24, 2.45) is 10.1 Å². The van der Waals surface area contributed by atoms with E-state index in [1.54, 1.807) is 49.8 Å². The molecule has 5 N–H and O–H groups in total. The van der Waals surface area contributed by atoms with Crippen LogP contribution in [-0.2, 0) is 27.4 Å². The van der Waals surface area contributed by atoms with Crippen molar-refractivity contribution < 1.29 is 27.9 Å². The minimum Gasteiger partial charge on any atom is -0.389 e. The summed E-state index contributed by atoms with van der Waals surface area (Å²) in [5.41, 5.74) is 13.8. The van der Waals surface area contributed by atoms with Crippen molar-refractivity contribution in [1.82, 2.24) is 30.8 Å². The third-order valence-electron chi connectivity index (χ3n) is 11.0. The number of anilines is 2. The molecule has 1 aliphatic rings. The lowest BCUT2D eigenvalue weighted by atomic mass is 9.95. The topological polar surface area (TPSA) is 186 Å². The zero-order valence-corrected chi connectivity index (χ0v) is 38.6. The summed E-state index contributed by atoms with van der Waals surface area (Å²) in [5.74, 6) is 4.85. The number of aldehydes is 1. The number of fused-ring (bicyclic) bond motifs is 3. The second-order valence-corrected chi connectivity index (χ2v) is 16.2. The molecule has 17 heteroatoms. The molecule has 2 heterocycles. The Hall–Kier alpha value is -7.03. The van der Waals surface area contributed by atoms with Crippen LogP contribution in [0, 0.1) is 29.0 Å². The van der Waals surface area contributed by atoms with Crippen molar-refractivity contribution in [3.05, 3.63) is 147 Å². The summed E-state index contributed by atoms with van der Waals surface area (Å²) in [5, 5.41) is 16.1. The predicted octanol–water partition coefficient (Wildman–Crippen LogP) is 8.60. The molecule has 352 valence electrons. The average Bonchev–Trinajstić information content (AvgIpc) is 3.48. The van der Waals surface area contributed by atoms with E-state index in [4.69, 9.17) is 26.9 Å². The molecule has 0 saturated carbocycles. The number of carbonyl (C=O) groups is 3. The number of nitrogens with zero attached hydrogens (tertiary/aromatic N) is 5. The van der Waals surface area contributed by atoms with E-state index in [9.17, 15) is 23.2 Å². The van der Waals surface area contributed by atoms with Crippen LogP contribution in [-0.4, -0.2) is 85.1 Å². The number of halogens is 3. The minimum absolute atomic E-state index is 0.103. The zero-order valence-electron chi connectivity index (χ0n) is 37.9. The van der Waals surface area contributed by atoms with Crippen molar-refractivity contribution in [3.8, 4) is 23.1 Å². The third kappa shape index (κ3) is 13.5. The van der Waals surface area contributed by atoms with Crippen LogP contribution in [0.2, 0.25) is 5.02 Å². The number of amides is 2. The fourth-order valence-electron chi connectivity index (χ4n) is 7.58. The van der Waals surface area contributed by atoms with E-state index >= 15 is 0 Å². The first-order valence-corrected chi connectivity index (χ1v) is 22.7. The van der Waals surface area contributed by atoms with Crippen LogP contribution in [0.15, 0.2) is 101 Å². The second kappa shape index (κ2) is 25.8. The van der Waals surface area contributed by atoms with Crippen LogP contribution < -0.4 is 21.3 Å². The normalized spacial score (nSPS) is 12.4. The highest BCUT2D eigenvalue weighted by molar-refractivity contribution is 6.31. The number of hydrogen-bond acceptors (Lipinski definition) is 13. The van der Waals surface area contributed by atoms with Crippen molar-refractivity contribution in [2.75, 3.05) is 45.2 Å². The molecule has 4 aromatic carbocycles. The van der Waals surface area contributed by atoms with Gasteiger partial charge in [-0.15, -0.1) is 0 Å². The van der Waals surface area contributed by atoms with Gasteiger partial charge in [0.05, 0.1) is 29.6 Å². The molecule has 0 saturated heterocycles. The highest BCUT2D eigenvalue weighted by Crippen LogP contribution is 2.35. The van der Waals surface area contributed by atoms with Crippen LogP contribution in [0.25, 0.3) is 17.0 Å². The van der Waals surface area contributed by atoms with Gasteiger partial charge in [-0.05, 0) is 80.9 Å². The molecule has 6 rings (SSSR count). The highest BCUT2D eigenvalue weighted by Gasteiger charge is 2.26. The van der Waals surface area contributed by atoms with E-state index < -0.39 is 17.7 Å². The Morgan fingerprint density at radius 1 is 1.00 bits per heavy atom. The summed E-state index contributed by atoms with van der Waals surface area (Å²) in [4.78, 5) is 50.9. The molecule has 1 atom stereocenters. The molecule has 1 unspecified atom stereocenters. The number of imide groups is 1. The largest absolute Gasteiger partial charge is 0.389 e. The van der Waals surface area contributed by atoms with Gasteiger partial charge in [0.1, 0.15) is 23.6 Å². The Morgan fingerprint density at radius 3 is 2.50 bits per heavy atom. The van der Waals surface area contributed by atoms with Gasteiger partial charge in [-0.3, -0.25) is 29.6 Å². The molecule has 0 aliphatic carbocycles. The molecule has 5 aromatic rings. The number of aliphatic imine (C=N–C) groups is 1. The molecule has 2 amide bonds. The van der Waals surface area contributed by atoms with Crippen LogP contribution >= 0.6 is 11.6 Å². The van der Waals surface area contributed by atoms with Crippen LogP contribution in [0.1, 0.15) is 82.8 Å². The molecule has 14 nitrogen and oxygen atoms in total. The fourth-order valence-corrected chi connectivity index (χ4v) is 7.76. The number of hydrogen-bond donors (Lipinski definition) is 5. The van der Waals surface area contributed by atoms with Gasteiger partial charge in [-0.1, -0.05) is 73.2 Å². The SMILES string of the molecule is CCCC(C(=O)NC=O)N(C)Cc1c(C#CCCNCCCOCCCN/C=C(\N=N)c2ccc(Nc3ncc4c(n3)-c3ccc(Cl)cc3C(c3c(F)cccc3F)=NC4)cc2)cccc1C=O. The Labute approximate surface area is 399 Å². The van der Waals surface area contributed by atoms with Crippen LogP contribution in [0.3, 0.4) is 0 Å². The summed E-state index contributed by atoms with van der Waals surface area (Å²) < 4.78 is 35.7. The third-order valence-corrected chi connectivity index (χ3v) is 11.2. The van der Waals surface area contributed by atoms with Gasteiger partial charge < -0.3 is 20.7 Å². The zero-order chi connectivity index (χ0) is 48.3. The van der Waals surface area contributed by atoms with E-state index in [1.807, 2.05) is 42.2 Å². The maximum Gasteiger partial charge on any atom is 0.243 e. The first-order valence-electron chi connectivity index (χ1n) is 22.3. The highest BCUT2D eigenvalue weighted by atomic mass is 35.5. The summed E-state index contributed by atoms with van der Waals surface area (Å²) >= 11 is 6.36. The number of likely N-dealkylation sites (N-methyl/N-ethyl adjacent to an activating group) is 1. The molecule has 0 bridgehead atoms. The Morgan fingerprint density at radius 2 is 1.76 bits per heavy atom. The van der Waals surface area contributed by atoms with E-state index in [0.29, 0.717) is 102 Å². The molecular weight excluding hydrogens is 890 g/mol. The summed E-state index contributed by atoms with van der Waals surface area (Å²) in [6.45, 7) is 5.66. The molecule has 0 radical (unpaired) electrons. The van der Waals surface area contributed by atoms with Gasteiger partial charge in [0.25, 0.3) is 0 Å². The lowest BCUT2D eigenvalue weighted by Crippen LogP contribution is -2.44. The Kier molecular flexibility index (Phi) is 19.1. The average molecular weight is 943 g/mol. The quantitative estimate of drug-likeness (QED) is 0.0174.